The van der Waals surface area contributed by atoms with Crippen molar-refractivity contribution in [1.82, 2.24) is 24.6 Å². The van der Waals surface area contributed by atoms with Gasteiger partial charge in [0.1, 0.15) is 0 Å². The van der Waals surface area contributed by atoms with Crippen molar-refractivity contribution in [3.8, 4) is 0 Å². The predicted octanol–water partition coefficient (Wildman–Crippen LogP) is 1.84. The molecule has 0 N–H and O–H groups in total. The molecule has 0 bridgehead atoms. The maximum atomic E-state index is 12.3. The third-order valence-electron chi connectivity index (χ3n) is 4.57. The molecule has 0 atom stereocenters. The molecule has 1 aliphatic heterocycles. The van der Waals surface area contributed by atoms with Gasteiger partial charge in [0.15, 0.2) is 0 Å². The van der Waals surface area contributed by atoms with E-state index in [1.807, 2.05) is 0 Å². The lowest BCUT2D eigenvalue weighted by atomic mass is 9.92. The third kappa shape index (κ3) is 4.08. The molecule has 1 aliphatic rings. The monoisotopic (exact) mass is 331 g/mol. The largest absolute Gasteiger partial charge is 0.427 e. The minimum atomic E-state index is -0.0989. The quantitative estimate of drug-likeness (QED) is 0.851. The van der Waals surface area contributed by atoms with Crippen LogP contribution < -0.4 is 5.56 Å². The molecule has 1 fully saturated rings. The lowest BCUT2D eigenvalue weighted by molar-refractivity contribution is 0.154. The SMILES string of the molecule is CC(C)(C)c1cc(=O)n(CC2CCN(Cc3nnco3)CC2)cn1. The number of rotatable bonds is 4. The van der Waals surface area contributed by atoms with E-state index in [1.54, 1.807) is 17.0 Å². The number of hydrogen-bond donors (Lipinski definition) is 0. The Kier molecular flexibility index (Phi) is 4.80. The van der Waals surface area contributed by atoms with E-state index in [4.69, 9.17) is 4.42 Å². The van der Waals surface area contributed by atoms with Crippen molar-refractivity contribution in [3.63, 3.8) is 0 Å². The van der Waals surface area contributed by atoms with Gasteiger partial charge in [0.05, 0.1) is 18.6 Å². The van der Waals surface area contributed by atoms with Crippen molar-refractivity contribution in [3.05, 3.63) is 40.7 Å². The molecule has 3 heterocycles. The first-order valence-electron chi connectivity index (χ1n) is 8.46. The van der Waals surface area contributed by atoms with Crippen molar-refractivity contribution < 1.29 is 4.42 Å². The van der Waals surface area contributed by atoms with Crippen LogP contribution in [0.25, 0.3) is 0 Å². The fourth-order valence-corrected chi connectivity index (χ4v) is 3.03. The van der Waals surface area contributed by atoms with E-state index >= 15 is 0 Å². The lowest BCUT2D eigenvalue weighted by Gasteiger charge is -2.31. The summed E-state index contributed by atoms with van der Waals surface area (Å²) in [5.41, 5.74) is 0.791. The van der Waals surface area contributed by atoms with Crippen LogP contribution in [0.4, 0.5) is 0 Å². The van der Waals surface area contributed by atoms with Crippen LogP contribution in [-0.2, 0) is 18.5 Å². The molecule has 0 saturated carbocycles. The Morgan fingerprint density at radius 3 is 2.62 bits per heavy atom. The van der Waals surface area contributed by atoms with Crippen LogP contribution in [0.3, 0.4) is 0 Å². The zero-order valence-electron chi connectivity index (χ0n) is 14.6. The van der Waals surface area contributed by atoms with Crippen molar-refractivity contribution in [2.24, 2.45) is 5.92 Å². The molecule has 0 unspecified atom stereocenters. The molecule has 0 amide bonds. The second-order valence-corrected chi connectivity index (χ2v) is 7.57. The van der Waals surface area contributed by atoms with Gasteiger partial charge in [0.25, 0.3) is 5.56 Å². The summed E-state index contributed by atoms with van der Waals surface area (Å²) < 4.78 is 6.94. The average Bonchev–Trinajstić information content (AvgIpc) is 3.03. The molecule has 130 valence electrons. The van der Waals surface area contributed by atoms with Crippen LogP contribution in [-0.4, -0.2) is 37.7 Å². The van der Waals surface area contributed by atoms with Crippen LogP contribution in [0, 0.1) is 5.92 Å². The Hall–Kier alpha value is -2.02. The average molecular weight is 331 g/mol. The Labute approximate surface area is 141 Å². The van der Waals surface area contributed by atoms with Gasteiger partial charge in [0.2, 0.25) is 12.3 Å². The van der Waals surface area contributed by atoms with Gasteiger partial charge in [-0.05, 0) is 31.8 Å². The number of nitrogens with zero attached hydrogens (tertiary/aromatic N) is 5. The Morgan fingerprint density at radius 1 is 1.29 bits per heavy atom. The smallest absolute Gasteiger partial charge is 0.253 e. The van der Waals surface area contributed by atoms with E-state index in [-0.39, 0.29) is 11.0 Å². The molecule has 0 aliphatic carbocycles. The number of likely N-dealkylation sites (tertiary alicyclic amines) is 1. The summed E-state index contributed by atoms with van der Waals surface area (Å²) in [5, 5.41) is 7.63. The highest BCUT2D eigenvalue weighted by Crippen LogP contribution is 2.21. The Bertz CT molecular complexity index is 709. The molecular formula is C17H25N5O2. The minimum absolute atomic E-state index is 0.0446. The molecule has 2 aromatic rings. The Balaban J connectivity index is 1.55. The molecule has 7 nitrogen and oxygen atoms in total. The predicted molar refractivity (Wildman–Crippen MR) is 89.5 cm³/mol. The normalized spacial score (nSPS) is 17.3. The first-order valence-corrected chi connectivity index (χ1v) is 8.46. The van der Waals surface area contributed by atoms with E-state index in [0.29, 0.717) is 18.4 Å². The van der Waals surface area contributed by atoms with Crippen molar-refractivity contribution >= 4 is 0 Å². The van der Waals surface area contributed by atoms with Crippen LogP contribution >= 0.6 is 0 Å². The summed E-state index contributed by atoms with van der Waals surface area (Å²) in [7, 11) is 0. The van der Waals surface area contributed by atoms with E-state index in [0.717, 1.165) is 38.2 Å². The number of hydrogen-bond acceptors (Lipinski definition) is 6. The summed E-state index contributed by atoms with van der Waals surface area (Å²) in [5.74, 6) is 1.16. The highest BCUT2D eigenvalue weighted by atomic mass is 16.4. The van der Waals surface area contributed by atoms with Crippen LogP contribution in [0.1, 0.15) is 45.2 Å². The Morgan fingerprint density at radius 2 is 2.04 bits per heavy atom. The molecule has 0 radical (unpaired) electrons. The molecule has 1 saturated heterocycles. The second-order valence-electron chi connectivity index (χ2n) is 7.57. The molecule has 3 rings (SSSR count). The van der Waals surface area contributed by atoms with Crippen LogP contribution in [0.2, 0.25) is 0 Å². The number of piperidine rings is 1. The lowest BCUT2D eigenvalue weighted by Crippen LogP contribution is -2.36. The topological polar surface area (TPSA) is 77.0 Å². The fraction of sp³-hybridized carbons (Fsp3) is 0.647. The summed E-state index contributed by atoms with van der Waals surface area (Å²) in [4.78, 5) is 19.1. The van der Waals surface area contributed by atoms with Crippen molar-refractivity contribution in [2.45, 2.75) is 52.1 Å². The first-order chi connectivity index (χ1) is 11.4. The van der Waals surface area contributed by atoms with E-state index in [1.165, 1.54) is 6.39 Å². The van der Waals surface area contributed by atoms with Gasteiger partial charge in [-0.3, -0.25) is 14.3 Å². The fourth-order valence-electron chi connectivity index (χ4n) is 3.03. The number of aromatic nitrogens is 4. The second kappa shape index (κ2) is 6.84. The summed E-state index contributed by atoms with van der Waals surface area (Å²) in [6, 6.07) is 1.67. The van der Waals surface area contributed by atoms with E-state index in [2.05, 4.69) is 40.9 Å². The highest BCUT2D eigenvalue weighted by Gasteiger charge is 2.22. The van der Waals surface area contributed by atoms with Gasteiger partial charge in [-0.1, -0.05) is 20.8 Å². The highest BCUT2D eigenvalue weighted by molar-refractivity contribution is 5.10. The van der Waals surface area contributed by atoms with Gasteiger partial charge >= 0.3 is 0 Å². The maximum absolute atomic E-state index is 12.3. The molecule has 0 spiro atoms. The third-order valence-corrected chi connectivity index (χ3v) is 4.57. The van der Waals surface area contributed by atoms with E-state index < -0.39 is 0 Å². The zero-order valence-corrected chi connectivity index (χ0v) is 14.6. The summed E-state index contributed by atoms with van der Waals surface area (Å²) in [6.45, 7) is 9.61. The summed E-state index contributed by atoms with van der Waals surface area (Å²) in [6.07, 6.45) is 5.18. The molecule has 2 aromatic heterocycles. The minimum Gasteiger partial charge on any atom is -0.427 e. The summed E-state index contributed by atoms with van der Waals surface area (Å²) >= 11 is 0. The van der Waals surface area contributed by atoms with Crippen molar-refractivity contribution in [2.75, 3.05) is 13.1 Å². The van der Waals surface area contributed by atoms with Gasteiger partial charge < -0.3 is 4.42 Å². The maximum Gasteiger partial charge on any atom is 0.253 e. The molecule has 24 heavy (non-hydrogen) atoms. The van der Waals surface area contributed by atoms with Crippen LogP contribution in [0.15, 0.2) is 28.0 Å². The zero-order chi connectivity index (χ0) is 17.2. The van der Waals surface area contributed by atoms with Gasteiger partial charge in [-0.25, -0.2) is 4.98 Å². The van der Waals surface area contributed by atoms with E-state index in [9.17, 15) is 4.79 Å². The molecular weight excluding hydrogens is 306 g/mol. The van der Waals surface area contributed by atoms with Gasteiger partial charge in [-0.2, -0.15) is 0 Å². The standard InChI is InChI=1S/C17H25N5O2/c1-17(2,3)14-8-16(23)22(11-18-14)9-13-4-6-21(7-5-13)10-15-20-19-12-24-15/h8,11-13H,4-7,9-10H2,1-3H3. The van der Waals surface area contributed by atoms with Gasteiger partial charge in [-0.15, -0.1) is 10.2 Å². The van der Waals surface area contributed by atoms with Gasteiger partial charge in [0, 0.05) is 18.0 Å². The van der Waals surface area contributed by atoms with Crippen LogP contribution in [0.5, 0.6) is 0 Å². The molecule has 0 aromatic carbocycles. The first kappa shape index (κ1) is 16.8. The molecule has 7 heteroatoms. The van der Waals surface area contributed by atoms with Crippen molar-refractivity contribution in [1.29, 1.82) is 0 Å².